The summed E-state index contributed by atoms with van der Waals surface area (Å²) in [4.78, 5) is 17.0. The normalized spacial score (nSPS) is 15.0. The van der Waals surface area contributed by atoms with Crippen molar-refractivity contribution in [2.75, 3.05) is 5.32 Å². The molecule has 170 valence electrons. The van der Waals surface area contributed by atoms with Crippen molar-refractivity contribution in [3.8, 4) is 0 Å². The lowest BCUT2D eigenvalue weighted by atomic mass is 10.1. The van der Waals surface area contributed by atoms with E-state index in [1.807, 2.05) is 0 Å². The fraction of sp³-hybridized carbons (Fsp3) is 0.391. The molecule has 2 aromatic heterocycles. The Hall–Kier alpha value is -2.78. The molecule has 1 saturated carbocycles. The summed E-state index contributed by atoms with van der Waals surface area (Å²) in [6.45, 7) is 5.24. The molecule has 0 saturated heterocycles. The Labute approximate surface area is 186 Å². The molecule has 0 bridgehead atoms. The van der Waals surface area contributed by atoms with Crippen LogP contribution in [0.2, 0.25) is 0 Å². The number of aryl methyl sites for hydroxylation is 1. The summed E-state index contributed by atoms with van der Waals surface area (Å²) in [5, 5.41) is 3.54. The highest BCUT2D eigenvalue weighted by Crippen LogP contribution is 2.33. The number of rotatable bonds is 6. The number of hydrogen-bond acceptors (Lipinski definition) is 5. The fourth-order valence-electron chi connectivity index (χ4n) is 4.27. The molecule has 0 spiro atoms. The van der Waals surface area contributed by atoms with E-state index < -0.39 is 15.8 Å². The number of benzene rings is 1. The van der Waals surface area contributed by atoms with Crippen LogP contribution in [0.1, 0.15) is 51.1 Å². The van der Waals surface area contributed by atoms with Crippen molar-refractivity contribution in [2.24, 2.45) is 0 Å². The molecule has 3 aromatic rings. The first kappa shape index (κ1) is 22.4. The van der Waals surface area contributed by atoms with Crippen molar-refractivity contribution in [3.05, 3.63) is 58.3 Å². The van der Waals surface area contributed by atoms with Crippen molar-refractivity contribution >= 4 is 32.4 Å². The third-order valence-electron chi connectivity index (χ3n) is 5.75. The van der Waals surface area contributed by atoms with Crippen molar-refractivity contribution in [2.45, 2.75) is 63.4 Å². The van der Waals surface area contributed by atoms with Gasteiger partial charge in [0.1, 0.15) is 0 Å². The third kappa shape index (κ3) is 4.27. The fourth-order valence-corrected chi connectivity index (χ4v) is 5.61. The molecule has 0 atom stereocenters. The minimum Gasteiger partial charge on any atom is -0.337 e. The number of nitrogens with zero attached hydrogens (tertiary/aromatic N) is 2. The highest BCUT2D eigenvalue weighted by atomic mass is 32.2. The minimum absolute atomic E-state index is 0.00569. The number of nitrogens with one attached hydrogen (secondary N) is 2. The van der Waals surface area contributed by atoms with Gasteiger partial charge in [0.2, 0.25) is 10.0 Å². The Morgan fingerprint density at radius 3 is 2.53 bits per heavy atom. The number of aromatic nitrogens is 2. The van der Waals surface area contributed by atoms with Gasteiger partial charge < -0.3 is 9.88 Å². The van der Waals surface area contributed by atoms with Crippen LogP contribution in [0, 0.1) is 12.7 Å². The van der Waals surface area contributed by atoms with Crippen molar-refractivity contribution in [1.29, 1.82) is 0 Å². The van der Waals surface area contributed by atoms with E-state index in [0.29, 0.717) is 16.6 Å². The van der Waals surface area contributed by atoms with E-state index in [4.69, 9.17) is 0 Å². The molecule has 0 unspecified atom stereocenters. The van der Waals surface area contributed by atoms with E-state index >= 15 is 4.39 Å². The molecule has 7 nitrogen and oxygen atoms in total. The summed E-state index contributed by atoms with van der Waals surface area (Å²) in [6.07, 6.45) is 5.29. The Bertz CT molecular complexity index is 1330. The van der Waals surface area contributed by atoms with Crippen molar-refractivity contribution < 1.29 is 12.8 Å². The third-order valence-corrected chi connectivity index (χ3v) is 7.40. The molecule has 1 aliphatic carbocycles. The number of anilines is 2. The second-order valence-electron chi connectivity index (χ2n) is 8.58. The quantitative estimate of drug-likeness (QED) is 0.572. The lowest BCUT2D eigenvalue weighted by molar-refractivity contribution is 0.508. The second-order valence-corrected chi connectivity index (χ2v) is 10.3. The van der Waals surface area contributed by atoms with E-state index in [1.165, 1.54) is 18.2 Å². The Kier molecular flexibility index (Phi) is 6.05. The van der Waals surface area contributed by atoms with Crippen molar-refractivity contribution in [1.82, 2.24) is 14.3 Å². The van der Waals surface area contributed by atoms with Gasteiger partial charge in [0.05, 0.1) is 10.4 Å². The number of hydrogen-bond donors (Lipinski definition) is 2. The molecular formula is C23H27FN4O3S. The van der Waals surface area contributed by atoms with Crippen molar-refractivity contribution in [3.63, 3.8) is 0 Å². The highest BCUT2D eigenvalue weighted by Gasteiger charge is 2.23. The van der Waals surface area contributed by atoms with Crippen LogP contribution in [-0.2, 0) is 10.0 Å². The molecule has 32 heavy (non-hydrogen) atoms. The smallest absolute Gasteiger partial charge is 0.251 e. The maximum atomic E-state index is 15.6. The molecule has 0 aliphatic heterocycles. The van der Waals surface area contributed by atoms with E-state index in [1.54, 1.807) is 43.7 Å². The van der Waals surface area contributed by atoms with E-state index in [9.17, 15) is 13.2 Å². The summed E-state index contributed by atoms with van der Waals surface area (Å²) >= 11 is 0. The zero-order chi connectivity index (χ0) is 23.0. The Morgan fingerprint density at radius 1 is 1.16 bits per heavy atom. The van der Waals surface area contributed by atoms with Crippen LogP contribution in [0.4, 0.5) is 15.9 Å². The maximum absolute atomic E-state index is 15.6. The van der Waals surface area contributed by atoms with E-state index in [2.05, 4.69) is 15.0 Å². The van der Waals surface area contributed by atoms with E-state index in [0.717, 1.165) is 25.7 Å². The molecule has 0 radical (unpaired) electrons. The second kappa shape index (κ2) is 8.63. The topological polar surface area (TPSA) is 93.1 Å². The summed E-state index contributed by atoms with van der Waals surface area (Å²) < 4.78 is 44.6. The van der Waals surface area contributed by atoms with Gasteiger partial charge in [-0.15, -0.1) is 0 Å². The van der Waals surface area contributed by atoms with Crippen LogP contribution in [0.5, 0.6) is 0 Å². The van der Waals surface area contributed by atoms with Gasteiger partial charge in [-0.2, -0.15) is 0 Å². The molecule has 2 N–H and O–H groups in total. The standard InChI is InChI=1S/C23H27FN4O3S/c1-14(2)27-32(30,31)18-9-10-19(15(3)12-18)26-23-21(24)22-16(13-25-23)8-11-20(29)28(22)17-6-4-5-7-17/h8-14,17,27H,4-7H2,1-3H3,(H,25,26). The SMILES string of the molecule is Cc1cc(S(=O)(=O)NC(C)C)ccc1Nc1ncc2ccc(=O)n(C3CCCC3)c2c1F. The van der Waals surface area contributed by atoms with Crippen LogP contribution in [0.25, 0.3) is 10.9 Å². The lowest BCUT2D eigenvalue weighted by Crippen LogP contribution is -2.30. The molecule has 1 aliphatic rings. The Morgan fingerprint density at radius 2 is 1.88 bits per heavy atom. The summed E-state index contributed by atoms with van der Waals surface area (Å²) in [5.41, 5.74) is 1.19. The van der Waals surface area contributed by atoms with E-state index in [-0.39, 0.29) is 33.9 Å². The first-order chi connectivity index (χ1) is 15.2. The van der Waals surface area contributed by atoms with Crippen LogP contribution < -0.4 is 15.6 Å². The molecule has 4 rings (SSSR count). The number of fused-ring (bicyclic) bond motifs is 1. The van der Waals surface area contributed by atoms with Crippen LogP contribution >= 0.6 is 0 Å². The lowest BCUT2D eigenvalue weighted by Gasteiger charge is -2.18. The average Bonchev–Trinajstić information content (AvgIpc) is 3.25. The first-order valence-corrected chi connectivity index (χ1v) is 12.3. The first-order valence-electron chi connectivity index (χ1n) is 10.8. The zero-order valence-electron chi connectivity index (χ0n) is 18.4. The van der Waals surface area contributed by atoms with Crippen LogP contribution in [0.3, 0.4) is 0 Å². The highest BCUT2D eigenvalue weighted by molar-refractivity contribution is 7.89. The summed E-state index contributed by atoms with van der Waals surface area (Å²) in [5.74, 6) is -0.599. The number of sulfonamides is 1. The molecule has 9 heteroatoms. The summed E-state index contributed by atoms with van der Waals surface area (Å²) in [7, 11) is -3.63. The number of halogens is 1. The molecule has 2 heterocycles. The predicted molar refractivity (Wildman–Crippen MR) is 123 cm³/mol. The molecule has 1 aromatic carbocycles. The monoisotopic (exact) mass is 458 g/mol. The van der Waals surface area contributed by atoms with Gasteiger partial charge in [-0.05, 0) is 63.4 Å². The molecule has 1 fully saturated rings. The zero-order valence-corrected chi connectivity index (χ0v) is 19.2. The Balaban J connectivity index is 1.73. The molecular weight excluding hydrogens is 431 g/mol. The minimum atomic E-state index is -3.63. The number of pyridine rings is 2. The van der Waals surface area contributed by atoms with Crippen LogP contribution in [0.15, 0.2) is 46.2 Å². The van der Waals surface area contributed by atoms with Gasteiger partial charge in [-0.1, -0.05) is 12.8 Å². The van der Waals surface area contributed by atoms with Gasteiger partial charge in [0.15, 0.2) is 11.6 Å². The van der Waals surface area contributed by atoms with Gasteiger partial charge in [-0.3, -0.25) is 4.79 Å². The maximum Gasteiger partial charge on any atom is 0.251 e. The predicted octanol–water partition coefficient (Wildman–Crippen LogP) is 4.39. The average molecular weight is 459 g/mol. The van der Waals surface area contributed by atoms with Gasteiger partial charge in [-0.25, -0.2) is 22.5 Å². The van der Waals surface area contributed by atoms with Crippen LogP contribution in [-0.4, -0.2) is 24.0 Å². The summed E-state index contributed by atoms with van der Waals surface area (Å²) in [6, 6.07) is 7.39. The largest absolute Gasteiger partial charge is 0.337 e. The molecule has 0 amide bonds. The van der Waals surface area contributed by atoms with Gasteiger partial charge in [0.25, 0.3) is 5.56 Å². The van der Waals surface area contributed by atoms with Gasteiger partial charge >= 0.3 is 0 Å². The van der Waals surface area contributed by atoms with Gasteiger partial charge in [0, 0.05) is 35.4 Å².